The van der Waals surface area contributed by atoms with Crippen molar-refractivity contribution in [3.8, 4) is 5.75 Å². The Labute approximate surface area is 162 Å². The normalized spacial score (nSPS) is 12.5. The van der Waals surface area contributed by atoms with Gasteiger partial charge in [0, 0.05) is 0 Å². The first-order valence-corrected chi connectivity index (χ1v) is 8.82. The summed E-state index contributed by atoms with van der Waals surface area (Å²) in [6, 6.07) is 13.2. The van der Waals surface area contributed by atoms with Crippen LogP contribution in [0, 0.1) is 0 Å². The highest BCUT2D eigenvalue weighted by molar-refractivity contribution is 5.49. The predicted octanol–water partition coefficient (Wildman–Crippen LogP) is 3.41. The number of benzene rings is 2. The fourth-order valence-electron chi connectivity index (χ4n) is 2.57. The molecule has 0 atom stereocenters. The number of aliphatic hydroxyl groups is 2. The van der Waals surface area contributed by atoms with E-state index in [0.29, 0.717) is 5.56 Å². The van der Waals surface area contributed by atoms with Crippen LogP contribution >= 0.6 is 0 Å². The molecule has 0 aliphatic heterocycles. The Morgan fingerprint density at radius 2 is 1.68 bits per heavy atom. The lowest BCUT2D eigenvalue weighted by Gasteiger charge is -2.24. The molecule has 28 heavy (non-hydrogen) atoms. The van der Waals surface area contributed by atoms with Crippen molar-refractivity contribution in [2.75, 3.05) is 19.8 Å². The number of alkyl halides is 3. The van der Waals surface area contributed by atoms with Gasteiger partial charge in [-0.15, -0.1) is 0 Å². The SMILES string of the molecule is NC(CO)(CO)CCc1ccc(OCC=Cc2ccccc2)c(C(F)(F)F)c1. The van der Waals surface area contributed by atoms with Crippen LogP contribution in [-0.4, -0.2) is 35.6 Å². The minimum Gasteiger partial charge on any atom is -0.489 e. The summed E-state index contributed by atoms with van der Waals surface area (Å²) in [5.74, 6) is -0.253. The van der Waals surface area contributed by atoms with Gasteiger partial charge in [-0.3, -0.25) is 0 Å². The molecule has 0 aromatic heterocycles. The monoisotopic (exact) mass is 395 g/mol. The summed E-state index contributed by atoms with van der Waals surface area (Å²) in [5.41, 5.74) is 5.01. The van der Waals surface area contributed by atoms with E-state index in [9.17, 15) is 23.4 Å². The first-order chi connectivity index (χ1) is 13.3. The van der Waals surface area contributed by atoms with Gasteiger partial charge in [0.25, 0.3) is 0 Å². The van der Waals surface area contributed by atoms with Crippen LogP contribution in [0.2, 0.25) is 0 Å². The molecule has 0 aliphatic carbocycles. The van der Waals surface area contributed by atoms with Gasteiger partial charge in [-0.1, -0.05) is 42.5 Å². The first-order valence-electron chi connectivity index (χ1n) is 8.82. The topological polar surface area (TPSA) is 75.7 Å². The summed E-state index contributed by atoms with van der Waals surface area (Å²) in [6.07, 6.45) is -0.810. The zero-order valence-corrected chi connectivity index (χ0v) is 15.3. The van der Waals surface area contributed by atoms with Gasteiger partial charge < -0.3 is 20.7 Å². The molecule has 0 saturated carbocycles. The largest absolute Gasteiger partial charge is 0.489 e. The maximum atomic E-state index is 13.4. The van der Waals surface area contributed by atoms with Crippen molar-refractivity contribution >= 4 is 6.08 Å². The van der Waals surface area contributed by atoms with Crippen LogP contribution in [0.15, 0.2) is 54.6 Å². The molecule has 2 aromatic carbocycles. The van der Waals surface area contributed by atoms with Crippen LogP contribution in [-0.2, 0) is 12.6 Å². The maximum absolute atomic E-state index is 13.4. The lowest BCUT2D eigenvalue weighted by molar-refractivity contribution is -0.138. The predicted molar refractivity (Wildman–Crippen MR) is 102 cm³/mol. The van der Waals surface area contributed by atoms with Crippen molar-refractivity contribution in [2.24, 2.45) is 5.73 Å². The minimum absolute atomic E-state index is 0.00173. The summed E-state index contributed by atoms with van der Waals surface area (Å²) >= 11 is 0. The highest BCUT2D eigenvalue weighted by Gasteiger charge is 2.35. The quantitative estimate of drug-likeness (QED) is 0.608. The van der Waals surface area contributed by atoms with E-state index in [0.717, 1.165) is 11.6 Å². The van der Waals surface area contributed by atoms with Gasteiger partial charge in [0.2, 0.25) is 0 Å². The van der Waals surface area contributed by atoms with Crippen LogP contribution in [0.4, 0.5) is 13.2 Å². The molecule has 2 aromatic rings. The van der Waals surface area contributed by atoms with Crippen molar-refractivity contribution < 1.29 is 28.1 Å². The molecular formula is C21H24F3NO3. The van der Waals surface area contributed by atoms with Gasteiger partial charge in [0.05, 0.1) is 24.3 Å². The second-order valence-electron chi connectivity index (χ2n) is 6.63. The van der Waals surface area contributed by atoms with Crippen molar-refractivity contribution in [1.29, 1.82) is 0 Å². The molecule has 0 bridgehead atoms. The molecule has 152 valence electrons. The zero-order chi connectivity index (χ0) is 20.6. The van der Waals surface area contributed by atoms with Gasteiger partial charge in [0.1, 0.15) is 12.4 Å². The van der Waals surface area contributed by atoms with Crippen molar-refractivity contribution in [1.82, 2.24) is 0 Å². The Balaban J connectivity index is 2.08. The van der Waals surface area contributed by atoms with E-state index in [2.05, 4.69) is 0 Å². The fourth-order valence-corrected chi connectivity index (χ4v) is 2.57. The summed E-state index contributed by atoms with van der Waals surface area (Å²) in [6.45, 7) is -0.909. The first kappa shape index (κ1) is 21.9. The van der Waals surface area contributed by atoms with Crippen molar-refractivity contribution in [3.63, 3.8) is 0 Å². The molecule has 2 rings (SSSR count). The Morgan fingerprint density at radius 3 is 2.29 bits per heavy atom. The summed E-state index contributed by atoms with van der Waals surface area (Å²) < 4.78 is 45.5. The van der Waals surface area contributed by atoms with Gasteiger partial charge in [-0.05, 0) is 42.2 Å². The Hall–Kier alpha value is -2.35. The molecule has 4 nitrogen and oxygen atoms in total. The third-order valence-corrected chi connectivity index (χ3v) is 4.34. The van der Waals surface area contributed by atoms with Crippen LogP contribution in [0.25, 0.3) is 6.08 Å². The van der Waals surface area contributed by atoms with E-state index in [1.807, 2.05) is 30.3 Å². The molecule has 0 amide bonds. The van der Waals surface area contributed by atoms with E-state index in [4.69, 9.17) is 10.5 Å². The number of ether oxygens (including phenoxy) is 1. The van der Waals surface area contributed by atoms with Gasteiger partial charge in [-0.25, -0.2) is 0 Å². The van der Waals surface area contributed by atoms with E-state index in [1.165, 1.54) is 12.1 Å². The minimum atomic E-state index is -4.57. The highest BCUT2D eigenvalue weighted by Crippen LogP contribution is 2.37. The molecule has 0 aliphatic rings. The van der Waals surface area contributed by atoms with Crippen molar-refractivity contribution in [2.45, 2.75) is 24.6 Å². The summed E-state index contributed by atoms with van der Waals surface area (Å²) in [5, 5.41) is 18.4. The van der Waals surface area contributed by atoms with Crippen LogP contribution in [0.5, 0.6) is 5.75 Å². The summed E-state index contributed by atoms with van der Waals surface area (Å²) in [4.78, 5) is 0. The number of hydrogen-bond donors (Lipinski definition) is 3. The molecular weight excluding hydrogens is 371 g/mol. The second-order valence-corrected chi connectivity index (χ2v) is 6.63. The molecule has 0 saturated heterocycles. The number of nitrogens with two attached hydrogens (primary N) is 1. The molecule has 0 unspecified atom stereocenters. The maximum Gasteiger partial charge on any atom is 0.419 e. The average molecular weight is 395 g/mol. The van der Waals surface area contributed by atoms with Gasteiger partial charge >= 0.3 is 6.18 Å². The third kappa shape index (κ3) is 6.37. The number of hydrogen-bond acceptors (Lipinski definition) is 4. The van der Waals surface area contributed by atoms with E-state index in [-0.39, 0.29) is 25.2 Å². The molecule has 0 radical (unpaired) electrons. The molecule has 4 N–H and O–H groups in total. The smallest absolute Gasteiger partial charge is 0.419 e. The van der Waals surface area contributed by atoms with Gasteiger partial charge in [0.15, 0.2) is 0 Å². The Morgan fingerprint density at radius 1 is 1.00 bits per heavy atom. The Bertz CT molecular complexity index is 772. The highest BCUT2D eigenvalue weighted by atomic mass is 19.4. The number of aliphatic hydroxyl groups excluding tert-OH is 2. The zero-order valence-electron chi connectivity index (χ0n) is 15.3. The van der Waals surface area contributed by atoms with Gasteiger partial charge in [-0.2, -0.15) is 13.2 Å². The number of aryl methyl sites for hydroxylation is 1. The van der Waals surface area contributed by atoms with Crippen molar-refractivity contribution in [3.05, 3.63) is 71.3 Å². The second kappa shape index (κ2) is 9.73. The van der Waals surface area contributed by atoms with Crippen LogP contribution < -0.4 is 10.5 Å². The molecule has 7 heteroatoms. The number of halogens is 3. The van der Waals surface area contributed by atoms with E-state index in [1.54, 1.807) is 12.2 Å². The number of rotatable bonds is 9. The summed E-state index contributed by atoms with van der Waals surface area (Å²) in [7, 11) is 0. The lowest BCUT2D eigenvalue weighted by atomic mass is 9.93. The third-order valence-electron chi connectivity index (χ3n) is 4.34. The molecule has 0 heterocycles. The average Bonchev–Trinajstić information content (AvgIpc) is 2.70. The van der Waals surface area contributed by atoms with E-state index < -0.39 is 30.5 Å². The Kier molecular flexibility index (Phi) is 7.62. The van der Waals surface area contributed by atoms with Crippen LogP contribution in [0.1, 0.15) is 23.1 Å². The van der Waals surface area contributed by atoms with E-state index >= 15 is 0 Å². The fraction of sp³-hybridized carbons (Fsp3) is 0.333. The molecule has 0 spiro atoms. The van der Waals surface area contributed by atoms with Crippen LogP contribution in [0.3, 0.4) is 0 Å². The molecule has 0 fully saturated rings. The standard InChI is InChI=1S/C21H24F3NO3/c22-21(23,24)18-13-17(10-11-20(25,14-26)15-27)8-9-19(18)28-12-4-7-16-5-2-1-3-6-16/h1-9,13,26-27H,10-12,14-15,25H2. The lowest BCUT2D eigenvalue weighted by Crippen LogP contribution is -2.47.